The van der Waals surface area contributed by atoms with E-state index in [-0.39, 0.29) is 12.1 Å². The second kappa shape index (κ2) is 11.6. The minimum absolute atomic E-state index is 0.144. The van der Waals surface area contributed by atoms with Gasteiger partial charge in [-0.2, -0.15) is 0 Å². The zero-order chi connectivity index (χ0) is 33.0. The lowest BCUT2D eigenvalue weighted by molar-refractivity contribution is 0.666. The van der Waals surface area contributed by atoms with Crippen LogP contribution in [0.1, 0.15) is 45.5 Å². The van der Waals surface area contributed by atoms with Crippen molar-refractivity contribution in [1.29, 1.82) is 0 Å². The van der Waals surface area contributed by atoms with Gasteiger partial charge in [-0.15, -0.1) is 0 Å². The Labute approximate surface area is 290 Å². The molecule has 0 spiro atoms. The van der Waals surface area contributed by atoms with Crippen LogP contribution < -0.4 is 5.32 Å². The van der Waals surface area contributed by atoms with Crippen molar-refractivity contribution in [3.63, 3.8) is 0 Å². The largest absolute Gasteiger partial charge is 0.456 e. The maximum Gasteiger partial charge on any atom is 0.159 e. The van der Waals surface area contributed by atoms with E-state index in [2.05, 4.69) is 139 Å². The van der Waals surface area contributed by atoms with Gasteiger partial charge in [0.25, 0.3) is 0 Å². The van der Waals surface area contributed by atoms with Crippen molar-refractivity contribution in [3.8, 4) is 22.3 Å². The zero-order valence-corrected chi connectivity index (χ0v) is 27.1. The average Bonchev–Trinajstić information content (AvgIpc) is 3.73. The van der Waals surface area contributed by atoms with Crippen molar-refractivity contribution in [2.45, 2.75) is 12.1 Å². The van der Waals surface area contributed by atoms with E-state index in [4.69, 9.17) is 14.4 Å². The first-order valence-electron chi connectivity index (χ1n) is 17.1. The summed E-state index contributed by atoms with van der Waals surface area (Å²) in [6.45, 7) is 0. The topological polar surface area (TPSA) is 49.9 Å². The molecule has 236 valence electrons. The third-order valence-corrected chi connectivity index (χ3v) is 10.0. The van der Waals surface area contributed by atoms with Crippen LogP contribution in [0.5, 0.6) is 0 Å². The molecule has 0 saturated heterocycles. The molecule has 1 aliphatic carbocycles. The van der Waals surface area contributed by atoms with E-state index in [1.807, 2.05) is 36.4 Å². The summed E-state index contributed by atoms with van der Waals surface area (Å²) in [5, 5.41) is 5.79. The van der Waals surface area contributed by atoms with E-state index in [0.717, 1.165) is 44.5 Å². The summed E-state index contributed by atoms with van der Waals surface area (Å²) in [6, 6.07) is 59.9. The molecule has 0 amide bonds. The Balaban J connectivity index is 1.04. The molecular formula is C46H31N3O. The maximum absolute atomic E-state index is 6.52. The zero-order valence-electron chi connectivity index (χ0n) is 27.1. The van der Waals surface area contributed by atoms with Crippen molar-refractivity contribution in [2.75, 3.05) is 0 Å². The van der Waals surface area contributed by atoms with Crippen molar-refractivity contribution in [2.24, 2.45) is 9.98 Å². The Morgan fingerprint density at radius 1 is 0.460 bits per heavy atom. The van der Waals surface area contributed by atoms with Gasteiger partial charge in [-0.1, -0.05) is 140 Å². The van der Waals surface area contributed by atoms with Crippen LogP contribution in [0.4, 0.5) is 0 Å². The lowest BCUT2D eigenvalue weighted by Crippen LogP contribution is -2.33. The van der Waals surface area contributed by atoms with Gasteiger partial charge < -0.3 is 9.73 Å². The first-order valence-corrected chi connectivity index (χ1v) is 17.1. The lowest BCUT2D eigenvalue weighted by atomic mass is 9.88. The van der Waals surface area contributed by atoms with Crippen molar-refractivity contribution >= 4 is 33.6 Å². The Hall–Kier alpha value is -6.52. The number of furan rings is 1. The molecule has 2 atom stereocenters. The smallest absolute Gasteiger partial charge is 0.159 e. The van der Waals surface area contributed by atoms with E-state index < -0.39 is 0 Å². The molecule has 2 heterocycles. The first-order chi connectivity index (χ1) is 24.8. The fourth-order valence-electron chi connectivity index (χ4n) is 7.61. The Kier molecular flexibility index (Phi) is 6.59. The predicted octanol–water partition coefficient (Wildman–Crippen LogP) is 10.9. The molecule has 0 saturated carbocycles. The van der Waals surface area contributed by atoms with Gasteiger partial charge in [-0.3, -0.25) is 0 Å². The molecule has 50 heavy (non-hydrogen) atoms. The quantitative estimate of drug-likeness (QED) is 0.203. The van der Waals surface area contributed by atoms with E-state index in [1.54, 1.807) is 0 Å². The molecule has 8 aromatic rings. The lowest BCUT2D eigenvalue weighted by Gasteiger charge is -2.23. The number of nitrogens with zero attached hydrogens (tertiary/aromatic N) is 2. The fourth-order valence-corrected chi connectivity index (χ4v) is 7.61. The highest BCUT2D eigenvalue weighted by atomic mass is 16.3. The minimum Gasteiger partial charge on any atom is -0.456 e. The fraction of sp³-hybridized carbons (Fsp3) is 0.0435. The number of nitrogens with one attached hydrogen (secondary N) is 1. The third-order valence-electron chi connectivity index (χ3n) is 10.0. The monoisotopic (exact) mass is 641 g/mol. The molecule has 0 radical (unpaired) electrons. The molecule has 1 aromatic heterocycles. The van der Waals surface area contributed by atoms with Crippen LogP contribution in [0, 0.1) is 0 Å². The summed E-state index contributed by atoms with van der Waals surface area (Å²) in [5.41, 5.74) is 13.7. The highest BCUT2D eigenvalue weighted by molar-refractivity contribution is 6.15. The Morgan fingerprint density at radius 3 is 1.98 bits per heavy atom. The van der Waals surface area contributed by atoms with Gasteiger partial charge in [0.15, 0.2) is 5.84 Å². The van der Waals surface area contributed by atoms with Crippen molar-refractivity contribution in [3.05, 3.63) is 203 Å². The maximum atomic E-state index is 6.52. The summed E-state index contributed by atoms with van der Waals surface area (Å²) in [4.78, 5) is 10.00. The molecule has 4 heteroatoms. The van der Waals surface area contributed by atoms with E-state index in [0.29, 0.717) is 5.84 Å². The van der Waals surface area contributed by atoms with Gasteiger partial charge in [0.1, 0.15) is 23.2 Å². The van der Waals surface area contributed by atoms with Crippen LogP contribution in [0.25, 0.3) is 44.2 Å². The number of benzene rings is 7. The molecule has 1 N–H and O–H groups in total. The number of aliphatic imine (C=N–C) groups is 2. The van der Waals surface area contributed by atoms with Gasteiger partial charge in [0.05, 0.1) is 0 Å². The standard InChI is InChI=1S/C46H31N3O/c1-4-12-29(13-5-1)32-20-24-38-39(26-32)35-18-10-11-19-37(35)43(38)33-22-25-41-40(27-33)36-23-21-34(28-42(36)50-41)46-48-44(30-14-6-2-7-15-30)47-45(49-46)31-16-8-3-9-17-31/h1-28,43-44H,(H,47,48,49)/t43-,44?/m0/s1. The van der Waals surface area contributed by atoms with Crippen LogP contribution in [0.2, 0.25) is 0 Å². The number of hydrogen-bond donors (Lipinski definition) is 1. The second-order valence-electron chi connectivity index (χ2n) is 13.0. The van der Waals surface area contributed by atoms with Crippen molar-refractivity contribution < 1.29 is 4.42 Å². The number of amidine groups is 2. The van der Waals surface area contributed by atoms with E-state index >= 15 is 0 Å². The molecular weight excluding hydrogens is 611 g/mol. The summed E-state index contributed by atoms with van der Waals surface area (Å²) in [6.07, 6.45) is -0.256. The molecule has 1 aliphatic heterocycles. The molecule has 0 fully saturated rings. The summed E-state index contributed by atoms with van der Waals surface area (Å²) in [5.74, 6) is 1.62. The second-order valence-corrected chi connectivity index (χ2v) is 13.0. The van der Waals surface area contributed by atoms with Gasteiger partial charge in [0.2, 0.25) is 0 Å². The molecule has 0 bridgehead atoms. The van der Waals surface area contributed by atoms with E-state index in [1.165, 1.54) is 38.9 Å². The number of fused-ring (bicyclic) bond motifs is 6. The highest BCUT2D eigenvalue weighted by Gasteiger charge is 2.30. The van der Waals surface area contributed by atoms with Crippen LogP contribution in [0.15, 0.2) is 184 Å². The van der Waals surface area contributed by atoms with E-state index in [9.17, 15) is 0 Å². The Bertz CT molecular complexity index is 2620. The SMILES string of the molecule is c1ccc(C2=NC(c3ccccc3)NC(c3ccc4c(c3)oc3ccc([C@H]5c6ccccc6-c6cc(-c7ccccc7)ccc65)cc34)=N2)cc1. The number of rotatable bonds is 5. The average molecular weight is 642 g/mol. The summed E-state index contributed by atoms with van der Waals surface area (Å²) >= 11 is 0. The summed E-state index contributed by atoms with van der Waals surface area (Å²) < 4.78 is 6.52. The predicted molar refractivity (Wildman–Crippen MR) is 204 cm³/mol. The van der Waals surface area contributed by atoms with Gasteiger partial charge >= 0.3 is 0 Å². The molecule has 1 unspecified atom stereocenters. The van der Waals surface area contributed by atoms with Crippen LogP contribution in [-0.2, 0) is 0 Å². The van der Waals surface area contributed by atoms with Crippen LogP contribution >= 0.6 is 0 Å². The normalized spacial score (nSPS) is 16.4. The Morgan fingerprint density at radius 2 is 1.16 bits per heavy atom. The number of hydrogen-bond acceptors (Lipinski definition) is 4. The molecule has 10 rings (SSSR count). The van der Waals surface area contributed by atoms with Gasteiger partial charge in [-0.25, -0.2) is 9.98 Å². The van der Waals surface area contributed by atoms with Gasteiger partial charge in [0, 0.05) is 27.8 Å². The highest BCUT2D eigenvalue weighted by Crippen LogP contribution is 2.49. The first kappa shape index (κ1) is 28.5. The van der Waals surface area contributed by atoms with Gasteiger partial charge in [-0.05, 0) is 74.8 Å². The summed E-state index contributed by atoms with van der Waals surface area (Å²) in [7, 11) is 0. The van der Waals surface area contributed by atoms with Crippen LogP contribution in [0.3, 0.4) is 0 Å². The molecule has 4 nitrogen and oxygen atoms in total. The van der Waals surface area contributed by atoms with Crippen LogP contribution in [-0.4, -0.2) is 11.7 Å². The minimum atomic E-state index is -0.256. The van der Waals surface area contributed by atoms with Crippen molar-refractivity contribution in [1.82, 2.24) is 5.32 Å². The third kappa shape index (κ3) is 4.76. The molecule has 7 aromatic carbocycles. The molecule has 2 aliphatic rings.